The van der Waals surface area contributed by atoms with Crippen molar-refractivity contribution < 1.29 is 0 Å². The third-order valence-corrected chi connectivity index (χ3v) is 5.49. The average molecular weight is 315 g/mol. The van der Waals surface area contributed by atoms with Crippen molar-refractivity contribution in [3.05, 3.63) is 20.8 Å². The molecule has 2 aliphatic rings. The first-order valence-corrected chi connectivity index (χ1v) is 8.14. The van der Waals surface area contributed by atoms with Gasteiger partial charge in [-0.3, -0.25) is 4.90 Å². The molecule has 4 heteroatoms. The second-order valence-electron chi connectivity index (χ2n) is 5.12. The molecule has 1 aliphatic carbocycles. The highest BCUT2D eigenvalue weighted by Gasteiger charge is 2.31. The molecule has 1 N–H and O–H groups in total. The molecular weight excluding hydrogens is 296 g/mol. The molecule has 1 saturated heterocycles. The van der Waals surface area contributed by atoms with Crippen molar-refractivity contribution >= 4 is 27.3 Å². The van der Waals surface area contributed by atoms with E-state index in [-0.39, 0.29) is 0 Å². The Morgan fingerprint density at radius 1 is 1.35 bits per heavy atom. The summed E-state index contributed by atoms with van der Waals surface area (Å²) in [5.74, 6) is 0.996. The monoisotopic (exact) mass is 314 g/mol. The summed E-state index contributed by atoms with van der Waals surface area (Å²) >= 11 is 5.51. The predicted octanol–water partition coefficient (Wildman–Crippen LogP) is 3.26. The molecule has 0 bridgehead atoms. The number of hydrogen-bond acceptors (Lipinski definition) is 3. The summed E-state index contributed by atoms with van der Waals surface area (Å²) in [6.07, 6.45) is 4.28. The van der Waals surface area contributed by atoms with E-state index in [0.717, 1.165) is 19.0 Å². The minimum absolute atomic E-state index is 0.668. The molecule has 1 aromatic rings. The topological polar surface area (TPSA) is 15.3 Å². The lowest BCUT2D eigenvalue weighted by Crippen LogP contribution is -2.45. The maximum Gasteiger partial charge on any atom is 0.0701 e. The van der Waals surface area contributed by atoms with E-state index in [1.54, 1.807) is 4.88 Å². The highest BCUT2D eigenvalue weighted by atomic mass is 79.9. The van der Waals surface area contributed by atoms with Gasteiger partial charge in [-0.15, -0.1) is 11.3 Å². The van der Waals surface area contributed by atoms with Gasteiger partial charge in [0.15, 0.2) is 0 Å². The molecular formula is C13H19BrN2S. The van der Waals surface area contributed by atoms with Gasteiger partial charge in [0.2, 0.25) is 0 Å². The standard InChI is InChI=1S/C13H19BrN2S/c14-13-4-3-12(17-13)11(9-10-1-2-10)16-7-5-15-6-8-16/h3-4,10-11,15H,1-2,5-9H2/t11-/m0/s1. The van der Waals surface area contributed by atoms with Crippen molar-refractivity contribution in [1.29, 1.82) is 0 Å². The summed E-state index contributed by atoms with van der Waals surface area (Å²) in [5.41, 5.74) is 0. The molecule has 17 heavy (non-hydrogen) atoms. The molecule has 94 valence electrons. The van der Waals surface area contributed by atoms with E-state index < -0.39 is 0 Å². The van der Waals surface area contributed by atoms with Crippen LogP contribution in [0.3, 0.4) is 0 Å². The van der Waals surface area contributed by atoms with E-state index in [9.17, 15) is 0 Å². The molecule has 1 saturated carbocycles. The number of nitrogens with one attached hydrogen (secondary N) is 1. The van der Waals surface area contributed by atoms with Gasteiger partial charge in [0.05, 0.1) is 3.79 Å². The molecule has 2 nitrogen and oxygen atoms in total. The summed E-state index contributed by atoms with van der Waals surface area (Å²) in [5, 5.41) is 3.45. The number of piperazine rings is 1. The Morgan fingerprint density at radius 3 is 2.71 bits per heavy atom. The predicted molar refractivity (Wildman–Crippen MR) is 76.5 cm³/mol. The van der Waals surface area contributed by atoms with Gasteiger partial charge < -0.3 is 5.32 Å². The van der Waals surface area contributed by atoms with Crippen molar-refractivity contribution in [1.82, 2.24) is 10.2 Å². The van der Waals surface area contributed by atoms with E-state index in [1.807, 2.05) is 11.3 Å². The van der Waals surface area contributed by atoms with Gasteiger partial charge in [-0.1, -0.05) is 12.8 Å². The number of nitrogens with zero attached hydrogens (tertiary/aromatic N) is 1. The third kappa shape index (κ3) is 3.11. The van der Waals surface area contributed by atoms with Crippen LogP contribution in [0, 0.1) is 5.92 Å². The van der Waals surface area contributed by atoms with Crippen LogP contribution >= 0.6 is 27.3 Å². The molecule has 0 amide bonds. The van der Waals surface area contributed by atoms with Gasteiger partial charge in [-0.25, -0.2) is 0 Å². The lowest BCUT2D eigenvalue weighted by atomic mass is 10.1. The van der Waals surface area contributed by atoms with Crippen molar-refractivity contribution in [3.8, 4) is 0 Å². The Balaban J connectivity index is 1.74. The summed E-state index contributed by atoms with van der Waals surface area (Å²) in [4.78, 5) is 4.22. The smallest absolute Gasteiger partial charge is 0.0701 e. The fourth-order valence-corrected chi connectivity index (χ4v) is 4.19. The van der Waals surface area contributed by atoms with Gasteiger partial charge in [0.25, 0.3) is 0 Å². The van der Waals surface area contributed by atoms with E-state index in [0.29, 0.717) is 6.04 Å². The van der Waals surface area contributed by atoms with Gasteiger partial charge in [0, 0.05) is 37.1 Å². The Morgan fingerprint density at radius 2 is 2.12 bits per heavy atom. The molecule has 1 aromatic heterocycles. The van der Waals surface area contributed by atoms with Crippen LogP contribution in [0.2, 0.25) is 0 Å². The number of hydrogen-bond donors (Lipinski definition) is 1. The molecule has 3 rings (SSSR count). The van der Waals surface area contributed by atoms with Crippen LogP contribution in [0.15, 0.2) is 15.9 Å². The second kappa shape index (κ2) is 5.39. The first-order valence-electron chi connectivity index (χ1n) is 6.53. The zero-order chi connectivity index (χ0) is 11.7. The molecule has 0 aromatic carbocycles. The third-order valence-electron chi connectivity index (χ3n) is 3.77. The Labute approximate surface area is 116 Å². The highest BCUT2D eigenvalue weighted by Crippen LogP contribution is 2.42. The SMILES string of the molecule is Brc1ccc([C@H](CC2CC2)N2CCNCC2)s1. The molecule has 1 aliphatic heterocycles. The van der Waals surface area contributed by atoms with E-state index in [4.69, 9.17) is 0 Å². The van der Waals surface area contributed by atoms with E-state index in [2.05, 4.69) is 38.3 Å². The van der Waals surface area contributed by atoms with Crippen molar-refractivity contribution in [2.24, 2.45) is 5.92 Å². The first kappa shape index (κ1) is 12.2. The van der Waals surface area contributed by atoms with Crippen LogP contribution in [-0.2, 0) is 0 Å². The number of rotatable bonds is 4. The van der Waals surface area contributed by atoms with Crippen molar-refractivity contribution in [3.63, 3.8) is 0 Å². The van der Waals surface area contributed by atoms with E-state index in [1.165, 1.54) is 36.1 Å². The van der Waals surface area contributed by atoms with Gasteiger partial charge in [-0.05, 0) is 40.4 Å². The minimum atomic E-state index is 0.668. The summed E-state index contributed by atoms with van der Waals surface area (Å²) in [7, 11) is 0. The Kier molecular flexibility index (Phi) is 3.85. The summed E-state index contributed by atoms with van der Waals surface area (Å²) in [6.45, 7) is 4.70. The number of thiophene rings is 1. The molecule has 2 heterocycles. The van der Waals surface area contributed by atoms with Crippen LogP contribution < -0.4 is 5.32 Å². The molecule has 1 atom stereocenters. The first-order chi connectivity index (χ1) is 8.33. The van der Waals surface area contributed by atoms with Crippen LogP contribution in [-0.4, -0.2) is 31.1 Å². The van der Waals surface area contributed by atoms with Gasteiger partial charge >= 0.3 is 0 Å². The quantitative estimate of drug-likeness (QED) is 0.917. The number of halogens is 1. The largest absolute Gasteiger partial charge is 0.314 e. The summed E-state index contributed by atoms with van der Waals surface area (Å²) in [6, 6.07) is 5.17. The van der Waals surface area contributed by atoms with Crippen molar-refractivity contribution in [2.75, 3.05) is 26.2 Å². The second-order valence-corrected chi connectivity index (χ2v) is 7.62. The zero-order valence-corrected chi connectivity index (χ0v) is 12.4. The Hall–Kier alpha value is 0.1000. The van der Waals surface area contributed by atoms with Crippen LogP contribution in [0.25, 0.3) is 0 Å². The summed E-state index contributed by atoms with van der Waals surface area (Å²) < 4.78 is 1.27. The molecule has 0 radical (unpaired) electrons. The maximum absolute atomic E-state index is 3.59. The van der Waals surface area contributed by atoms with Crippen LogP contribution in [0.4, 0.5) is 0 Å². The lowest BCUT2D eigenvalue weighted by molar-refractivity contribution is 0.163. The maximum atomic E-state index is 3.59. The highest BCUT2D eigenvalue weighted by molar-refractivity contribution is 9.11. The van der Waals surface area contributed by atoms with Crippen LogP contribution in [0.1, 0.15) is 30.2 Å². The fraction of sp³-hybridized carbons (Fsp3) is 0.692. The lowest BCUT2D eigenvalue weighted by Gasteiger charge is -2.34. The molecule has 2 fully saturated rings. The van der Waals surface area contributed by atoms with E-state index >= 15 is 0 Å². The van der Waals surface area contributed by atoms with Crippen molar-refractivity contribution in [2.45, 2.75) is 25.3 Å². The van der Waals surface area contributed by atoms with Gasteiger partial charge in [-0.2, -0.15) is 0 Å². The zero-order valence-electron chi connectivity index (χ0n) is 9.99. The molecule has 0 spiro atoms. The molecule has 0 unspecified atom stereocenters. The van der Waals surface area contributed by atoms with Gasteiger partial charge in [0.1, 0.15) is 0 Å². The minimum Gasteiger partial charge on any atom is -0.314 e. The fourth-order valence-electron chi connectivity index (χ4n) is 2.62. The normalized spacial score (nSPS) is 23.8. The average Bonchev–Trinajstić information content (AvgIpc) is 3.08. The Bertz CT molecular complexity index is 369. The van der Waals surface area contributed by atoms with Crippen LogP contribution in [0.5, 0.6) is 0 Å².